The molecule has 0 aromatic carbocycles. The largest absolute Gasteiger partial charge is 0.480 e. The third-order valence-corrected chi connectivity index (χ3v) is 3.50. The van der Waals surface area contributed by atoms with Crippen molar-refractivity contribution in [3.05, 3.63) is 0 Å². The summed E-state index contributed by atoms with van der Waals surface area (Å²) in [5.41, 5.74) is 0. The molecule has 0 heterocycles. The van der Waals surface area contributed by atoms with Crippen LogP contribution in [0.25, 0.3) is 0 Å². The minimum Gasteiger partial charge on any atom is -0.480 e. The Kier molecular flexibility index (Phi) is 6.67. The van der Waals surface area contributed by atoms with Gasteiger partial charge >= 0.3 is 12.0 Å². The van der Waals surface area contributed by atoms with Crippen LogP contribution >= 0.6 is 0 Å². The number of urea groups is 1. The van der Waals surface area contributed by atoms with Crippen molar-refractivity contribution < 1.29 is 14.7 Å². The van der Waals surface area contributed by atoms with E-state index in [-0.39, 0.29) is 18.0 Å². The molecule has 1 fully saturated rings. The van der Waals surface area contributed by atoms with Crippen LogP contribution in [0.15, 0.2) is 0 Å². The maximum Gasteiger partial charge on any atom is 0.326 e. The zero-order valence-corrected chi connectivity index (χ0v) is 11.9. The van der Waals surface area contributed by atoms with Crippen molar-refractivity contribution in [2.75, 3.05) is 0 Å². The van der Waals surface area contributed by atoms with Gasteiger partial charge in [0.1, 0.15) is 6.04 Å². The van der Waals surface area contributed by atoms with Crippen LogP contribution in [0.5, 0.6) is 0 Å². The van der Waals surface area contributed by atoms with Crippen LogP contribution in [0.4, 0.5) is 4.79 Å². The predicted molar refractivity (Wildman–Crippen MR) is 74.0 cm³/mol. The third kappa shape index (κ3) is 6.45. The molecule has 0 aromatic heterocycles. The summed E-state index contributed by atoms with van der Waals surface area (Å²) in [5, 5.41) is 14.5. The summed E-state index contributed by atoms with van der Waals surface area (Å²) in [6.07, 6.45) is 7.17. The van der Waals surface area contributed by atoms with E-state index < -0.39 is 12.0 Å². The number of carboxylic acids is 1. The Morgan fingerprint density at radius 3 is 2.21 bits per heavy atom. The minimum absolute atomic E-state index is 0.191. The molecule has 1 aliphatic carbocycles. The highest BCUT2D eigenvalue weighted by Crippen LogP contribution is 2.17. The topological polar surface area (TPSA) is 78.4 Å². The summed E-state index contributed by atoms with van der Waals surface area (Å²) in [6, 6.07) is -0.957. The molecule has 5 heteroatoms. The monoisotopic (exact) mass is 270 g/mol. The van der Waals surface area contributed by atoms with E-state index in [0.29, 0.717) is 6.42 Å². The van der Waals surface area contributed by atoms with Crippen LogP contribution < -0.4 is 10.6 Å². The highest BCUT2D eigenvalue weighted by atomic mass is 16.4. The van der Waals surface area contributed by atoms with Gasteiger partial charge in [-0.1, -0.05) is 39.5 Å². The molecule has 0 radical (unpaired) electrons. The van der Waals surface area contributed by atoms with Gasteiger partial charge in [-0.2, -0.15) is 0 Å². The lowest BCUT2D eigenvalue weighted by Crippen LogP contribution is -2.49. The molecular formula is C14H26N2O3. The van der Waals surface area contributed by atoms with Gasteiger partial charge in [0.2, 0.25) is 0 Å². The Morgan fingerprint density at radius 1 is 1.16 bits per heavy atom. The first kappa shape index (κ1) is 15.8. The quantitative estimate of drug-likeness (QED) is 0.672. The molecule has 0 spiro atoms. The van der Waals surface area contributed by atoms with E-state index in [1.54, 1.807) is 0 Å². The minimum atomic E-state index is -0.968. The van der Waals surface area contributed by atoms with Crippen LogP contribution in [0.2, 0.25) is 0 Å². The average molecular weight is 270 g/mol. The van der Waals surface area contributed by atoms with Crippen LogP contribution in [-0.2, 0) is 4.79 Å². The molecule has 110 valence electrons. The molecule has 0 aliphatic heterocycles. The van der Waals surface area contributed by atoms with Crippen molar-refractivity contribution in [3.8, 4) is 0 Å². The van der Waals surface area contributed by atoms with Gasteiger partial charge < -0.3 is 15.7 Å². The van der Waals surface area contributed by atoms with E-state index in [0.717, 1.165) is 25.7 Å². The first-order valence-corrected chi connectivity index (χ1v) is 7.29. The second kappa shape index (κ2) is 8.02. The number of hydrogen-bond donors (Lipinski definition) is 3. The SMILES string of the molecule is CC(C)CC(NC(=O)NC1CCCCCC1)C(=O)O. The molecule has 1 saturated carbocycles. The third-order valence-electron chi connectivity index (χ3n) is 3.50. The molecule has 0 saturated heterocycles. The molecule has 19 heavy (non-hydrogen) atoms. The van der Waals surface area contributed by atoms with E-state index in [9.17, 15) is 9.59 Å². The van der Waals surface area contributed by atoms with E-state index in [1.807, 2.05) is 13.8 Å². The van der Waals surface area contributed by atoms with Gasteiger partial charge in [-0.05, 0) is 25.2 Å². The molecule has 3 N–H and O–H groups in total. The Bertz CT molecular complexity index is 297. The van der Waals surface area contributed by atoms with Crippen LogP contribution in [0.1, 0.15) is 58.8 Å². The molecular weight excluding hydrogens is 244 g/mol. The van der Waals surface area contributed by atoms with Gasteiger partial charge in [0.25, 0.3) is 0 Å². The highest BCUT2D eigenvalue weighted by molar-refractivity contribution is 5.82. The highest BCUT2D eigenvalue weighted by Gasteiger charge is 2.22. The predicted octanol–water partition coefficient (Wildman–Crippen LogP) is 2.51. The number of rotatable bonds is 5. The molecule has 1 rings (SSSR count). The van der Waals surface area contributed by atoms with Crippen molar-refractivity contribution in [2.24, 2.45) is 5.92 Å². The lowest BCUT2D eigenvalue weighted by atomic mass is 10.0. The fourth-order valence-electron chi connectivity index (χ4n) is 2.50. The first-order valence-electron chi connectivity index (χ1n) is 7.29. The van der Waals surface area contributed by atoms with Gasteiger partial charge in [-0.15, -0.1) is 0 Å². The summed E-state index contributed by atoms with van der Waals surface area (Å²) in [6.45, 7) is 3.89. The van der Waals surface area contributed by atoms with Gasteiger partial charge in [0.15, 0.2) is 0 Å². The van der Waals surface area contributed by atoms with Crippen LogP contribution in [0.3, 0.4) is 0 Å². The van der Waals surface area contributed by atoms with E-state index in [2.05, 4.69) is 10.6 Å². The van der Waals surface area contributed by atoms with Crippen molar-refractivity contribution >= 4 is 12.0 Å². The molecule has 1 unspecified atom stereocenters. The summed E-state index contributed by atoms with van der Waals surface area (Å²) < 4.78 is 0. The van der Waals surface area contributed by atoms with E-state index in [1.165, 1.54) is 12.8 Å². The molecule has 1 atom stereocenters. The van der Waals surface area contributed by atoms with Gasteiger partial charge in [0.05, 0.1) is 0 Å². The number of aliphatic carboxylic acids is 1. The Labute approximate surface area is 115 Å². The maximum absolute atomic E-state index is 11.8. The van der Waals surface area contributed by atoms with Crippen molar-refractivity contribution in [2.45, 2.75) is 70.9 Å². The number of hydrogen-bond acceptors (Lipinski definition) is 2. The maximum atomic E-state index is 11.8. The number of nitrogens with one attached hydrogen (secondary N) is 2. The summed E-state index contributed by atoms with van der Waals surface area (Å²) in [7, 11) is 0. The Balaban J connectivity index is 2.40. The molecule has 2 amide bonds. The van der Waals surface area contributed by atoms with Gasteiger partial charge in [-0.3, -0.25) is 0 Å². The van der Waals surface area contributed by atoms with Crippen LogP contribution in [0, 0.1) is 5.92 Å². The lowest BCUT2D eigenvalue weighted by Gasteiger charge is -2.20. The fraction of sp³-hybridized carbons (Fsp3) is 0.857. The zero-order valence-electron chi connectivity index (χ0n) is 11.9. The van der Waals surface area contributed by atoms with Crippen molar-refractivity contribution in [3.63, 3.8) is 0 Å². The van der Waals surface area contributed by atoms with Gasteiger partial charge in [-0.25, -0.2) is 9.59 Å². The van der Waals surface area contributed by atoms with Crippen molar-refractivity contribution in [1.29, 1.82) is 0 Å². The molecule has 0 aromatic rings. The number of amides is 2. The summed E-state index contributed by atoms with van der Waals surface area (Å²) in [4.78, 5) is 22.9. The second-order valence-corrected chi connectivity index (χ2v) is 5.83. The molecule has 1 aliphatic rings. The molecule has 5 nitrogen and oxygen atoms in total. The number of carbonyl (C=O) groups is 2. The first-order chi connectivity index (χ1) is 8.99. The normalized spacial score (nSPS) is 18.7. The number of carboxylic acid groups (broad SMARTS) is 1. The van der Waals surface area contributed by atoms with Crippen LogP contribution in [-0.4, -0.2) is 29.2 Å². The van der Waals surface area contributed by atoms with Crippen molar-refractivity contribution in [1.82, 2.24) is 10.6 Å². The summed E-state index contributed by atoms with van der Waals surface area (Å²) in [5.74, 6) is -0.732. The number of carbonyl (C=O) groups excluding carboxylic acids is 1. The smallest absolute Gasteiger partial charge is 0.326 e. The lowest BCUT2D eigenvalue weighted by molar-refractivity contribution is -0.139. The fourth-order valence-corrected chi connectivity index (χ4v) is 2.50. The summed E-state index contributed by atoms with van der Waals surface area (Å²) >= 11 is 0. The zero-order chi connectivity index (χ0) is 14.3. The standard InChI is InChI=1S/C14H26N2O3/c1-10(2)9-12(13(17)18)16-14(19)15-11-7-5-3-4-6-8-11/h10-12H,3-9H2,1-2H3,(H,17,18)(H2,15,16,19). The average Bonchev–Trinajstić information content (AvgIpc) is 2.56. The van der Waals surface area contributed by atoms with E-state index >= 15 is 0 Å². The van der Waals surface area contributed by atoms with Gasteiger partial charge in [0, 0.05) is 6.04 Å². The Morgan fingerprint density at radius 2 is 1.74 bits per heavy atom. The van der Waals surface area contributed by atoms with E-state index in [4.69, 9.17) is 5.11 Å². The second-order valence-electron chi connectivity index (χ2n) is 5.83. The Hall–Kier alpha value is -1.26. The molecule has 0 bridgehead atoms.